The molecule has 0 aliphatic carbocycles. The number of imidazole rings is 1. The molecule has 0 unspecified atom stereocenters. The van der Waals surface area contributed by atoms with Gasteiger partial charge in [0, 0.05) is 44.6 Å². The molecule has 2 amide bonds. The van der Waals surface area contributed by atoms with E-state index in [1.54, 1.807) is 17.4 Å². The molecule has 1 aromatic rings. The van der Waals surface area contributed by atoms with Crippen LogP contribution in [0.5, 0.6) is 0 Å². The van der Waals surface area contributed by atoms with Gasteiger partial charge in [-0.25, -0.2) is 22.9 Å². The normalized spacial score (nSPS) is 16.7. The molecule has 1 aromatic heterocycles. The lowest BCUT2D eigenvalue weighted by atomic mass is 10.1. The van der Waals surface area contributed by atoms with Gasteiger partial charge < -0.3 is 14.8 Å². The van der Waals surface area contributed by atoms with Crippen LogP contribution in [0.2, 0.25) is 0 Å². The fourth-order valence-corrected chi connectivity index (χ4v) is 3.33. The molecule has 0 radical (unpaired) electrons. The number of aromatic nitrogens is 2. The van der Waals surface area contributed by atoms with Crippen LogP contribution in [-0.2, 0) is 16.6 Å². The molecule has 1 saturated heterocycles. The third-order valence-electron chi connectivity index (χ3n) is 3.59. The Labute approximate surface area is 130 Å². The van der Waals surface area contributed by atoms with Crippen LogP contribution in [0.15, 0.2) is 18.7 Å². The van der Waals surface area contributed by atoms with E-state index in [1.807, 2.05) is 10.8 Å². The summed E-state index contributed by atoms with van der Waals surface area (Å²) in [4.78, 5) is 17.7. The van der Waals surface area contributed by atoms with Crippen molar-refractivity contribution in [3.05, 3.63) is 18.7 Å². The number of hydrogen-bond donors (Lipinski definition) is 2. The number of sulfonamides is 1. The van der Waals surface area contributed by atoms with E-state index in [9.17, 15) is 13.2 Å². The Balaban J connectivity index is 1.62. The number of urea groups is 1. The maximum absolute atomic E-state index is 12.0. The van der Waals surface area contributed by atoms with E-state index in [0.29, 0.717) is 32.5 Å². The molecule has 8 nitrogen and oxygen atoms in total. The number of carbonyl (C=O) groups excluding carboxylic acids is 1. The van der Waals surface area contributed by atoms with Gasteiger partial charge in [0.25, 0.3) is 0 Å². The summed E-state index contributed by atoms with van der Waals surface area (Å²) in [5, 5.41) is 2.89. The molecule has 1 aliphatic heterocycles. The number of hydrogen-bond acceptors (Lipinski definition) is 4. The fourth-order valence-electron chi connectivity index (χ4n) is 2.49. The third kappa shape index (κ3) is 5.64. The highest BCUT2D eigenvalue weighted by molar-refractivity contribution is 7.88. The molecule has 0 aromatic carbocycles. The first-order valence-electron chi connectivity index (χ1n) is 7.40. The number of nitrogens with one attached hydrogen (secondary N) is 2. The highest BCUT2D eigenvalue weighted by Crippen LogP contribution is 2.11. The molecule has 9 heteroatoms. The predicted molar refractivity (Wildman–Crippen MR) is 82.8 cm³/mol. The molecule has 1 aliphatic rings. The lowest BCUT2D eigenvalue weighted by Crippen LogP contribution is -2.49. The van der Waals surface area contributed by atoms with Gasteiger partial charge in [0.1, 0.15) is 0 Å². The van der Waals surface area contributed by atoms with E-state index >= 15 is 0 Å². The smallest absolute Gasteiger partial charge is 0.317 e. The fraction of sp³-hybridized carbons (Fsp3) is 0.692. The van der Waals surface area contributed by atoms with Gasteiger partial charge in [-0.05, 0) is 19.3 Å². The number of piperidine rings is 1. The Morgan fingerprint density at radius 3 is 2.68 bits per heavy atom. The standard InChI is InChI=1S/C13H23N5O3S/c1-22(20,21)16-12-3-8-18(9-4-12)13(19)15-5-2-7-17-10-6-14-11-17/h6,10-12,16H,2-5,7-9H2,1H3,(H,15,19). The second-order valence-electron chi connectivity index (χ2n) is 5.54. The van der Waals surface area contributed by atoms with Crippen LogP contribution >= 0.6 is 0 Å². The van der Waals surface area contributed by atoms with Gasteiger partial charge in [0.2, 0.25) is 10.0 Å². The summed E-state index contributed by atoms with van der Waals surface area (Å²) in [6, 6.07) is -0.149. The molecule has 0 spiro atoms. The second-order valence-corrected chi connectivity index (χ2v) is 7.32. The van der Waals surface area contributed by atoms with Crippen molar-refractivity contribution >= 4 is 16.1 Å². The van der Waals surface area contributed by atoms with Crippen molar-refractivity contribution < 1.29 is 13.2 Å². The Kier molecular flexibility index (Phi) is 5.78. The summed E-state index contributed by atoms with van der Waals surface area (Å²) < 4.78 is 26.9. The van der Waals surface area contributed by atoms with Gasteiger partial charge in [0.15, 0.2) is 0 Å². The highest BCUT2D eigenvalue weighted by Gasteiger charge is 2.24. The van der Waals surface area contributed by atoms with Crippen LogP contribution in [0.3, 0.4) is 0 Å². The molecule has 0 atom stereocenters. The van der Waals surface area contributed by atoms with Gasteiger partial charge >= 0.3 is 6.03 Å². The van der Waals surface area contributed by atoms with Crippen LogP contribution < -0.4 is 10.0 Å². The van der Waals surface area contributed by atoms with Crippen molar-refractivity contribution in [2.45, 2.75) is 31.8 Å². The first-order valence-corrected chi connectivity index (χ1v) is 9.29. The number of likely N-dealkylation sites (tertiary alicyclic amines) is 1. The number of carbonyl (C=O) groups is 1. The number of aryl methyl sites for hydroxylation is 1. The number of amides is 2. The van der Waals surface area contributed by atoms with E-state index in [0.717, 1.165) is 19.2 Å². The maximum atomic E-state index is 12.0. The minimum absolute atomic E-state index is 0.0692. The quantitative estimate of drug-likeness (QED) is 0.718. The average Bonchev–Trinajstić information content (AvgIpc) is 2.95. The summed E-state index contributed by atoms with van der Waals surface area (Å²) in [6.07, 6.45) is 8.67. The van der Waals surface area contributed by atoms with Gasteiger partial charge in [0.05, 0.1) is 12.6 Å². The van der Waals surface area contributed by atoms with Crippen LogP contribution in [0, 0.1) is 0 Å². The lowest BCUT2D eigenvalue weighted by Gasteiger charge is -2.32. The molecule has 2 N–H and O–H groups in total. The molecule has 2 rings (SSSR count). The number of nitrogens with zero attached hydrogens (tertiary/aromatic N) is 3. The minimum atomic E-state index is -3.18. The summed E-state index contributed by atoms with van der Waals surface area (Å²) in [7, 11) is -3.18. The summed E-state index contributed by atoms with van der Waals surface area (Å²) in [5.41, 5.74) is 0. The molecule has 2 heterocycles. The summed E-state index contributed by atoms with van der Waals surface area (Å²) in [6.45, 7) is 2.57. The zero-order valence-corrected chi connectivity index (χ0v) is 13.6. The maximum Gasteiger partial charge on any atom is 0.317 e. The second kappa shape index (κ2) is 7.59. The van der Waals surface area contributed by atoms with Crippen molar-refractivity contribution in [1.82, 2.24) is 24.5 Å². The highest BCUT2D eigenvalue weighted by atomic mass is 32.2. The largest absolute Gasteiger partial charge is 0.338 e. The van der Waals surface area contributed by atoms with Crippen molar-refractivity contribution in [2.75, 3.05) is 25.9 Å². The van der Waals surface area contributed by atoms with E-state index in [-0.39, 0.29) is 12.1 Å². The van der Waals surface area contributed by atoms with Crippen molar-refractivity contribution in [1.29, 1.82) is 0 Å². The van der Waals surface area contributed by atoms with Crippen molar-refractivity contribution in [3.8, 4) is 0 Å². The van der Waals surface area contributed by atoms with Crippen LogP contribution in [0.1, 0.15) is 19.3 Å². The van der Waals surface area contributed by atoms with E-state index in [2.05, 4.69) is 15.0 Å². The van der Waals surface area contributed by atoms with Gasteiger partial charge in [-0.1, -0.05) is 0 Å². The van der Waals surface area contributed by atoms with Gasteiger partial charge in [-0.2, -0.15) is 0 Å². The van der Waals surface area contributed by atoms with Crippen molar-refractivity contribution in [3.63, 3.8) is 0 Å². The average molecular weight is 329 g/mol. The topological polar surface area (TPSA) is 96.3 Å². The summed E-state index contributed by atoms with van der Waals surface area (Å²) in [5.74, 6) is 0. The molecule has 1 fully saturated rings. The SMILES string of the molecule is CS(=O)(=O)NC1CCN(C(=O)NCCCn2ccnc2)CC1. The lowest BCUT2D eigenvalue weighted by molar-refractivity contribution is 0.180. The predicted octanol–water partition coefficient (Wildman–Crippen LogP) is -0.00360. The van der Waals surface area contributed by atoms with Crippen LogP contribution in [0.25, 0.3) is 0 Å². The molecule has 0 bridgehead atoms. The van der Waals surface area contributed by atoms with E-state index < -0.39 is 10.0 Å². The first-order chi connectivity index (χ1) is 10.4. The number of rotatable bonds is 6. The molecular weight excluding hydrogens is 306 g/mol. The minimum Gasteiger partial charge on any atom is -0.338 e. The zero-order valence-electron chi connectivity index (χ0n) is 12.7. The zero-order chi connectivity index (χ0) is 16.0. The van der Waals surface area contributed by atoms with Crippen LogP contribution in [-0.4, -0.2) is 60.8 Å². The first kappa shape index (κ1) is 16.8. The van der Waals surface area contributed by atoms with Crippen molar-refractivity contribution in [2.24, 2.45) is 0 Å². The monoisotopic (exact) mass is 329 g/mol. The van der Waals surface area contributed by atoms with Crippen LogP contribution in [0.4, 0.5) is 4.79 Å². The Morgan fingerprint density at radius 1 is 1.36 bits per heavy atom. The third-order valence-corrected chi connectivity index (χ3v) is 4.35. The Hall–Kier alpha value is -1.61. The Bertz CT molecular complexity index is 565. The molecule has 22 heavy (non-hydrogen) atoms. The molecular formula is C13H23N5O3S. The van der Waals surface area contributed by atoms with E-state index in [1.165, 1.54) is 0 Å². The van der Waals surface area contributed by atoms with Gasteiger partial charge in [-0.3, -0.25) is 0 Å². The van der Waals surface area contributed by atoms with Gasteiger partial charge in [-0.15, -0.1) is 0 Å². The molecule has 0 saturated carbocycles. The summed E-state index contributed by atoms with van der Waals surface area (Å²) >= 11 is 0. The Morgan fingerprint density at radius 2 is 2.09 bits per heavy atom. The van der Waals surface area contributed by atoms with E-state index in [4.69, 9.17) is 0 Å². The molecule has 124 valence electrons.